The molecule has 4 nitrogen and oxygen atoms in total. The van der Waals surface area contributed by atoms with Gasteiger partial charge in [0.15, 0.2) is 5.58 Å². The summed E-state index contributed by atoms with van der Waals surface area (Å²) in [6.45, 7) is 0. The third-order valence-corrected chi connectivity index (χ3v) is 4.07. The van der Waals surface area contributed by atoms with E-state index in [0.717, 1.165) is 16.8 Å². The SMILES string of the molecule is NC(=[NH+]c1ccccc1)SCn1c(=S)oc2ccccc21. The van der Waals surface area contributed by atoms with Crippen molar-refractivity contribution in [3.63, 3.8) is 0 Å². The molecule has 2 aromatic carbocycles. The van der Waals surface area contributed by atoms with E-state index in [4.69, 9.17) is 22.4 Å². The fourth-order valence-corrected chi connectivity index (χ4v) is 3.02. The molecule has 3 rings (SSSR count). The number of aromatic nitrogens is 1. The number of benzene rings is 2. The van der Waals surface area contributed by atoms with Crippen molar-refractivity contribution in [3.8, 4) is 0 Å². The van der Waals surface area contributed by atoms with E-state index in [2.05, 4.69) is 4.99 Å². The molecule has 0 atom stereocenters. The zero-order chi connectivity index (χ0) is 14.7. The predicted octanol–water partition coefficient (Wildman–Crippen LogP) is 2.38. The van der Waals surface area contributed by atoms with E-state index in [1.54, 1.807) is 0 Å². The number of nitrogens with one attached hydrogen (secondary N) is 1. The van der Waals surface area contributed by atoms with Crippen LogP contribution in [0.2, 0.25) is 0 Å². The molecule has 0 saturated heterocycles. The molecule has 0 bridgehead atoms. The number of rotatable bonds is 3. The third-order valence-electron chi connectivity index (χ3n) is 2.96. The fraction of sp³-hybridized carbons (Fsp3) is 0.0667. The van der Waals surface area contributed by atoms with Crippen LogP contribution < -0.4 is 10.7 Å². The largest absolute Gasteiger partial charge is 0.429 e. The van der Waals surface area contributed by atoms with Gasteiger partial charge < -0.3 is 4.42 Å². The van der Waals surface area contributed by atoms with E-state index < -0.39 is 0 Å². The number of hydrogen-bond acceptors (Lipinski definition) is 3. The molecule has 0 unspecified atom stereocenters. The molecule has 0 radical (unpaired) electrons. The highest BCUT2D eigenvalue weighted by atomic mass is 32.2. The van der Waals surface area contributed by atoms with Gasteiger partial charge in [0.2, 0.25) is 0 Å². The summed E-state index contributed by atoms with van der Waals surface area (Å²) >= 11 is 6.72. The summed E-state index contributed by atoms with van der Waals surface area (Å²) in [6, 6.07) is 17.6. The zero-order valence-corrected chi connectivity index (χ0v) is 12.8. The van der Waals surface area contributed by atoms with Crippen LogP contribution in [-0.2, 0) is 5.88 Å². The van der Waals surface area contributed by atoms with Crippen LogP contribution >= 0.6 is 24.0 Å². The van der Waals surface area contributed by atoms with Crippen molar-refractivity contribution in [3.05, 3.63) is 59.4 Å². The summed E-state index contributed by atoms with van der Waals surface area (Å²) in [5.74, 6) is 0.599. The fourth-order valence-electron chi connectivity index (χ4n) is 1.97. The summed E-state index contributed by atoms with van der Waals surface area (Å²) in [5, 5.41) is 0.619. The molecule has 1 aromatic heterocycles. The van der Waals surface area contributed by atoms with Gasteiger partial charge in [0.05, 0.1) is 11.4 Å². The van der Waals surface area contributed by atoms with E-state index >= 15 is 0 Å². The van der Waals surface area contributed by atoms with Gasteiger partial charge in [-0.25, -0.2) is 4.99 Å². The Morgan fingerprint density at radius 3 is 2.67 bits per heavy atom. The topological polar surface area (TPSA) is 58.1 Å². The summed E-state index contributed by atoms with van der Waals surface area (Å²) in [7, 11) is 0. The summed E-state index contributed by atoms with van der Waals surface area (Å²) in [5.41, 5.74) is 8.73. The van der Waals surface area contributed by atoms with Crippen LogP contribution in [0.15, 0.2) is 59.0 Å². The summed E-state index contributed by atoms with van der Waals surface area (Å²) in [6.07, 6.45) is 0. The first-order chi connectivity index (χ1) is 10.2. The maximum atomic E-state index is 6.01. The van der Waals surface area contributed by atoms with Gasteiger partial charge in [0.1, 0.15) is 5.69 Å². The summed E-state index contributed by atoms with van der Waals surface area (Å²) < 4.78 is 7.47. The number of oxazole rings is 1. The highest BCUT2D eigenvalue weighted by Gasteiger charge is 2.08. The van der Waals surface area contributed by atoms with Gasteiger partial charge in [-0.3, -0.25) is 10.3 Å². The van der Waals surface area contributed by atoms with Crippen LogP contribution in [0.25, 0.3) is 11.1 Å². The molecular weight excluding hydrogens is 302 g/mol. The second kappa shape index (κ2) is 6.15. The van der Waals surface area contributed by atoms with Crippen molar-refractivity contribution in [2.24, 2.45) is 5.73 Å². The Bertz CT molecular complexity index is 837. The second-order valence-corrected chi connectivity index (χ2v) is 5.73. The minimum absolute atomic E-state index is 0.455. The average Bonchev–Trinajstić information content (AvgIpc) is 2.81. The van der Waals surface area contributed by atoms with Crippen LogP contribution in [0.1, 0.15) is 0 Å². The van der Waals surface area contributed by atoms with Crippen LogP contribution in [0, 0.1) is 4.84 Å². The molecule has 6 heteroatoms. The first kappa shape index (κ1) is 13.9. The minimum Gasteiger partial charge on any atom is -0.429 e. The first-order valence-electron chi connectivity index (χ1n) is 6.40. The molecule has 1 heterocycles. The Kier molecular flexibility index (Phi) is 4.08. The highest BCUT2D eigenvalue weighted by Crippen LogP contribution is 2.19. The molecule has 3 aromatic rings. The van der Waals surface area contributed by atoms with E-state index in [1.807, 2.05) is 59.2 Å². The van der Waals surface area contributed by atoms with Crippen molar-refractivity contribution >= 4 is 45.9 Å². The van der Waals surface area contributed by atoms with Crippen LogP contribution in [0.5, 0.6) is 0 Å². The third kappa shape index (κ3) is 3.17. The molecule has 3 N–H and O–H groups in total. The Morgan fingerprint density at radius 2 is 1.86 bits per heavy atom. The van der Waals surface area contributed by atoms with Crippen LogP contribution in [0.4, 0.5) is 5.69 Å². The second-order valence-electron chi connectivity index (χ2n) is 4.39. The molecule has 0 fully saturated rings. The summed E-state index contributed by atoms with van der Waals surface area (Å²) in [4.78, 5) is 3.61. The standard InChI is InChI=1S/C15H13N3OS2/c16-14(17-11-6-2-1-3-7-11)21-10-18-12-8-4-5-9-13(12)19-15(18)20/h1-9H,10H2,(H2,16,17)/p+1. The van der Waals surface area contributed by atoms with Gasteiger partial charge in [-0.05, 0) is 48.2 Å². The van der Waals surface area contributed by atoms with Gasteiger partial charge in [0, 0.05) is 0 Å². The van der Waals surface area contributed by atoms with Gasteiger partial charge in [0.25, 0.3) is 4.84 Å². The molecule has 0 aliphatic heterocycles. The molecule has 0 aliphatic carbocycles. The van der Waals surface area contributed by atoms with Gasteiger partial charge in [-0.15, -0.1) is 0 Å². The van der Waals surface area contributed by atoms with Crippen molar-refractivity contribution in [1.82, 2.24) is 4.57 Å². The lowest BCUT2D eigenvalue weighted by Crippen LogP contribution is -2.68. The minimum atomic E-state index is 0.455. The van der Waals surface area contributed by atoms with E-state index in [9.17, 15) is 0 Å². The Labute approximate surface area is 131 Å². The van der Waals surface area contributed by atoms with E-state index in [1.165, 1.54) is 11.8 Å². The molecule has 0 saturated carbocycles. The Balaban J connectivity index is 1.79. The number of hydrogen-bond donors (Lipinski definition) is 2. The molecule has 21 heavy (non-hydrogen) atoms. The van der Waals surface area contributed by atoms with Gasteiger partial charge >= 0.3 is 5.17 Å². The van der Waals surface area contributed by atoms with Crippen LogP contribution in [0.3, 0.4) is 0 Å². The molecule has 0 spiro atoms. The molecule has 0 amide bonds. The highest BCUT2D eigenvalue weighted by molar-refractivity contribution is 8.12. The van der Waals surface area contributed by atoms with E-state index in [-0.39, 0.29) is 0 Å². The average molecular weight is 316 g/mol. The lowest BCUT2D eigenvalue weighted by molar-refractivity contribution is -0.351. The number of amidine groups is 1. The Morgan fingerprint density at radius 1 is 1.14 bits per heavy atom. The molecule has 0 aliphatic rings. The lowest BCUT2D eigenvalue weighted by Gasteiger charge is -2.00. The van der Waals surface area contributed by atoms with Crippen molar-refractivity contribution < 1.29 is 9.41 Å². The van der Waals surface area contributed by atoms with Gasteiger partial charge in [-0.1, -0.05) is 30.3 Å². The van der Waals surface area contributed by atoms with Gasteiger partial charge in [-0.2, -0.15) is 0 Å². The molecule has 106 valence electrons. The quantitative estimate of drug-likeness (QED) is 0.442. The maximum Gasteiger partial charge on any atom is 0.308 e. The Hall–Kier alpha value is -2.05. The van der Waals surface area contributed by atoms with E-state index in [0.29, 0.717) is 15.9 Å². The van der Waals surface area contributed by atoms with Crippen molar-refractivity contribution in [2.45, 2.75) is 5.88 Å². The predicted molar refractivity (Wildman–Crippen MR) is 88.9 cm³/mol. The number of nitrogens with two attached hydrogens (primary N) is 1. The lowest BCUT2D eigenvalue weighted by atomic mass is 10.3. The number of thioether (sulfide) groups is 1. The smallest absolute Gasteiger partial charge is 0.308 e. The number of fused-ring (bicyclic) bond motifs is 1. The maximum absolute atomic E-state index is 6.01. The number of para-hydroxylation sites is 3. The van der Waals surface area contributed by atoms with Crippen molar-refractivity contribution in [2.75, 3.05) is 0 Å². The zero-order valence-electron chi connectivity index (χ0n) is 11.2. The molecular formula is C15H14N3OS2+. The number of nitrogens with zero attached hydrogens (tertiary/aromatic N) is 1. The first-order valence-corrected chi connectivity index (χ1v) is 7.79. The normalized spacial score (nSPS) is 11.9. The monoisotopic (exact) mass is 316 g/mol. The van der Waals surface area contributed by atoms with Crippen LogP contribution in [-0.4, -0.2) is 9.73 Å². The van der Waals surface area contributed by atoms with Crippen molar-refractivity contribution in [1.29, 1.82) is 0 Å².